The lowest BCUT2D eigenvalue weighted by atomic mass is 10.1. The smallest absolute Gasteiger partial charge is 0.272 e. The molecule has 120 valence electrons. The first-order valence-electron chi connectivity index (χ1n) is 7.65. The molecule has 5 nitrogen and oxygen atoms in total. The van der Waals surface area contributed by atoms with Crippen molar-refractivity contribution in [3.63, 3.8) is 0 Å². The van der Waals surface area contributed by atoms with E-state index in [0.29, 0.717) is 18.7 Å². The first-order chi connectivity index (χ1) is 10.7. The fourth-order valence-corrected chi connectivity index (χ4v) is 3.11. The van der Waals surface area contributed by atoms with Gasteiger partial charge in [0, 0.05) is 19.3 Å². The molecule has 0 fully saturated rings. The number of nitrogens with zero attached hydrogens (tertiary/aromatic N) is 3. The summed E-state index contributed by atoms with van der Waals surface area (Å²) in [6.07, 6.45) is 3.30. The summed E-state index contributed by atoms with van der Waals surface area (Å²) >= 11 is 1.61. The molecule has 0 saturated heterocycles. The molecule has 0 aliphatic rings. The van der Waals surface area contributed by atoms with Crippen molar-refractivity contribution >= 4 is 17.2 Å². The average molecular weight is 321 g/mol. The van der Waals surface area contributed by atoms with Crippen LogP contribution >= 0.6 is 11.3 Å². The van der Waals surface area contributed by atoms with Gasteiger partial charge in [0.15, 0.2) is 0 Å². The van der Waals surface area contributed by atoms with Crippen LogP contribution < -0.4 is 0 Å². The van der Waals surface area contributed by atoms with Crippen LogP contribution in [0, 0.1) is 0 Å². The topological polar surface area (TPSA) is 58.4 Å². The SMILES string of the molecule is CCCn1nccc1C(=O)N(Cc1ccsc1)C(CC)CO. The van der Waals surface area contributed by atoms with Crippen molar-refractivity contribution in [1.82, 2.24) is 14.7 Å². The fraction of sp³-hybridized carbons (Fsp3) is 0.500. The average Bonchev–Trinajstić information content (AvgIpc) is 3.18. The van der Waals surface area contributed by atoms with Gasteiger partial charge in [0.05, 0.1) is 12.6 Å². The summed E-state index contributed by atoms with van der Waals surface area (Å²) < 4.78 is 1.74. The van der Waals surface area contributed by atoms with E-state index in [1.165, 1.54) is 0 Å². The van der Waals surface area contributed by atoms with E-state index in [4.69, 9.17) is 0 Å². The van der Waals surface area contributed by atoms with Gasteiger partial charge in [-0.2, -0.15) is 16.4 Å². The minimum Gasteiger partial charge on any atom is -0.394 e. The second-order valence-electron chi connectivity index (χ2n) is 5.25. The Morgan fingerprint density at radius 1 is 1.45 bits per heavy atom. The molecule has 2 rings (SSSR count). The zero-order chi connectivity index (χ0) is 15.9. The lowest BCUT2D eigenvalue weighted by Crippen LogP contribution is -2.42. The number of rotatable bonds is 8. The summed E-state index contributed by atoms with van der Waals surface area (Å²) in [6.45, 7) is 5.24. The van der Waals surface area contributed by atoms with Gasteiger partial charge in [0.2, 0.25) is 0 Å². The number of carbonyl (C=O) groups excluding carboxylic acids is 1. The van der Waals surface area contributed by atoms with Gasteiger partial charge in [-0.15, -0.1) is 0 Å². The highest BCUT2D eigenvalue weighted by Gasteiger charge is 2.25. The van der Waals surface area contributed by atoms with Gasteiger partial charge in [-0.1, -0.05) is 13.8 Å². The molecule has 1 atom stereocenters. The van der Waals surface area contributed by atoms with Gasteiger partial charge in [0.1, 0.15) is 5.69 Å². The molecule has 2 heterocycles. The molecule has 1 amide bonds. The molecule has 2 aromatic rings. The molecule has 0 aliphatic carbocycles. The van der Waals surface area contributed by atoms with E-state index in [-0.39, 0.29) is 18.6 Å². The Morgan fingerprint density at radius 3 is 2.86 bits per heavy atom. The predicted octanol–water partition coefficient (Wildman–Crippen LogP) is 2.77. The maximum Gasteiger partial charge on any atom is 0.272 e. The number of aryl methyl sites for hydroxylation is 1. The maximum absolute atomic E-state index is 12.9. The molecule has 0 aromatic carbocycles. The monoisotopic (exact) mass is 321 g/mol. The summed E-state index contributed by atoms with van der Waals surface area (Å²) in [5.74, 6) is -0.0712. The van der Waals surface area contributed by atoms with E-state index >= 15 is 0 Å². The van der Waals surface area contributed by atoms with E-state index in [0.717, 1.165) is 18.5 Å². The highest BCUT2D eigenvalue weighted by molar-refractivity contribution is 7.07. The van der Waals surface area contributed by atoms with Crippen molar-refractivity contribution in [1.29, 1.82) is 0 Å². The molecule has 2 aromatic heterocycles. The third-order valence-electron chi connectivity index (χ3n) is 3.69. The molecule has 0 bridgehead atoms. The summed E-state index contributed by atoms with van der Waals surface area (Å²) in [6, 6.07) is 3.58. The second kappa shape index (κ2) is 8.10. The largest absolute Gasteiger partial charge is 0.394 e. The highest BCUT2D eigenvalue weighted by atomic mass is 32.1. The first kappa shape index (κ1) is 16.7. The Morgan fingerprint density at radius 2 is 2.27 bits per heavy atom. The molecule has 0 spiro atoms. The Labute approximate surface area is 135 Å². The van der Waals surface area contributed by atoms with Crippen LogP contribution in [0.2, 0.25) is 0 Å². The third kappa shape index (κ3) is 3.75. The zero-order valence-corrected chi connectivity index (χ0v) is 13.9. The number of carbonyl (C=O) groups is 1. The van der Waals surface area contributed by atoms with E-state index in [1.807, 2.05) is 23.8 Å². The minimum atomic E-state index is -0.183. The van der Waals surface area contributed by atoms with Crippen LogP contribution in [0.5, 0.6) is 0 Å². The van der Waals surface area contributed by atoms with E-state index < -0.39 is 0 Å². The van der Waals surface area contributed by atoms with Gasteiger partial charge in [-0.3, -0.25) is 9.48 Å². The predicted molar refractivity (Wildman–Crippen MR) is 87.9 cm³/mol. The zero-order valence-electron chi connectivity index (χ0n) is 13.1. The van der Waals surface area contributed by atoms with Crippen molar-refractivity contribution in [2.75, 3.05) is 6.61 Å². The number of amides is 1. The van der Waals surface area contributed by atoms with Crippen molar-refractivity contribution in [3.05, 3.63) is 40.3 Å². The summed E-state index contributed by atoms with van der Waals surface area (Å²) in [5.41, 5.74) is 1.68. The van der Waals surface area contributed by atoms with Crippen molar-refractivity contribution in [2.24, 2.45) is 0 Å². The van der Waals surface area contributed by atoms with Crippen molar-refractivity contribution in [3.8, 4) is 0 Å². The van der Waals surface area contributed by atoms with Crippen LogP contribution in [0.4, 0.5) is 0 Å². The number of hydrogen-bond donors (Lipinski definition) is 1. The lowest BCUT2D eigenvalue weighted by molar-refractivity contribution is 0.0551. The van der Waals surface area contributed by atoms with Crippen molar-refractivity contribution < 1.29 is 9.90 Å². The van der Waals surface area contributed by atoms with E-state index in [1.54, 1.807) is 33.2 Å². The third-order valence-corrected chi connectivity index (χ3v) is 4.42. The van der Waals surface area contributed by atoms with Crippen LogP contribution in [0.25, 0.3) is 0 Å². The maximum atomic E-state index is 12.9. The molecule has 6 heteroatoms. The van der Waals surface area contributed by atoms with Gasteiger partial charge in [0.25, 0.3) is 5.91 Å². The number of aromatic nitrogens is 2. The van der Waals surface area contributed by atoms with Crippen LogP contribution in [0.3, 0.4) is 0 Å². The molecule has 1 N–H and O–H groups in total. The number of thiophene rings is 1. The standard InChI is InChI=1S/C16H23N3O2S/c1-3-8-19-15(5-7-17-19)16(21)18(14(4-2)11-20)10-13-6-9-22-12-13/h5-7,9,12,14,20H,3-4,8,10-11H2,1-2H3. The van der Waals surface area contributed by atoms with Crippen molar-refractivity contribution in [2.45, 2.75) is 45.8 Å². The van der Waals surface area contributed by atoms with Gasteiger partial charge in [-0.25, -0.2) is 0 Å². The van der Waals surface area contributed by atoms with Crippen LogP contribution in [-0.2, 0) is 13.1 Å². The quantitative estimate of drug-likeness (QED) is 0.813. The normalized spacial score (nSPS) is 12.3. The van der Waals surface area contributed by atoms with E-state index in [9.17, 15) is 9.90 Å². The van der Waals surface area contributed by atoms with Crippen LogP contribution in [0.1, 0.15) is 42.7 Å². The Kier molecular flexibility index (Phi) is 6.15. The number of aliphatic hydroxyl groups is 1. The summed E-state index contributed by atoms with van der Waals surface area (Å²) in [4.78, 5) is 14.7. The minimum absolute atomic E-state index is 0.0334. The molecule has 0 aliphatic heterocycles. The molecular weight excluding hydrogens is 298 g/mol. The van der Waals surface area contributed by atoms with Gasteiger partial charge in [-0.05, 0) is 41.3 Å². The molecule has 22 heavy (non-hydrogen) atoms. The summed E-state index contributed by atoms with van der Waals surface area (Å²) in [7, 11) is 0. The number of hydrogen-bond acceptors (Lipinski definition) is 4. The highest BCUT2D eigenvalue weighted by Crippen LogP contribution is 2.17. The summed E-state index contributed by atoms with van der Waals surface area (Å²) in [5, 5.41) is 17.9. The lowest BCUT2D eigenvalue weighted by Gasteiger charge is -2.30. The Balaban J connectivity index is 2.26. The fourth-order valence-electron chi connectivity index (χ4n) is 2.45. The molecule has 1 unspecified atom stereocenters. The number of aliphatic hydroxyl groups excluding tert-OH is 1. The second-order valence-corrected chi connectivity index (χ2v) is 6.03. The van der Waals surface area contributed by atoms with Crippen LogP contribution in [-0.4, -0.2) is 38.3 Å². The van der Waals surface area contributed by atoms with Gasteiger partial charge >= 0.3 is 0 Å². The molecular formula is C16H23N3O2S. The van der Waals surface area contributed by atoms with Crippen LogP contribution in [0.15, 0.2) is 29.1 Å². The molecule has 0 saturated carbocycles. The first-order valence-corrected chi connectivity index (χ1v) is 8.60. The van der Waals surface area contributed by atoms with Gasteiger partial charge < -0.3 is 10.0 Å². The van der Waals surface area contributed by atoms with E-state index in [2.05, 4.69) is 12.0 Å². The Bertz CT molecular complexity index is 576. The Hall–Kier alpha value is -1.66. The molecule has 0 radical (unpaired) electrons.